The fourth-order valence-corrected chi connectivity index (χ4v) is 3.10. The number of morpholine rings is 1. The second kappa shape index (κ2) is 9.34. The second-order valence-corrected chi connectivity index (χ2v) is 6.35. The first-order valence-electron chi connectivity index (χ1n) is 9.27. The SMILES string of the molecule is CC/C(=N\C(=N)C(=O)NCCN1CCOCC1)c1ccnc2ccccc12. The molecule has 3 rings (SSSR count). The fourth-order valence-electron chi connectivity index (χ4n) is 3.10. The summed E-state index contributed by atoms with van der Waals surface area (Å²) in [5.74, 6) is -0.720. The number of aromatic nitrogens is 1. The molecule has 1 aliphatic heterocycles. The number of nitrogens with one attached hydrogen (secondary N) is 2. The van der Waals surface area contributed by atoms with E-state index < -0.39 is 5.91 Å². The van der Waals surface area contributed by atoms with E-state index in [0.29, 0.717) is 18.7 Å². The number of pyridine rings is 1. The van der Waals surface area contributed by atoms with E-state index in [2.05, 4.69) is 20.2 Å². The summed E-state index contributed by atoms with van der Waals surface area (Å²) in [5.41, 5.74) is 2.49. The van der Waals surface area contributed by atoms with Crippen LogP contribution in [0.2, 0.25) is 0 Å². The van der Waals surface area contributed by atoms with Crippen LogP contribution in [-0.2, 0) is 9.53 Å². The number of ether oxygens (including phenoxy) is 1. The normalized spacial score (nSPS) is 15.7. The van der Waals surface area contributed by atoms with Crippen LogP contribution in [0.25, 0.3) is 10.9 Å². The molecule has 142 valence electrons. The molecule has 2 N–H and O–H groups in total. The Labute approximate surface area is 159 Å². The number of hydrogen-bond donors (Lipinski definition) is 2. The van der Waals surface area contributed by atoms with Crippen LogP contribution >= 0.6 is 0 Å². The van der Waals surface area contributed by atoms with E-state index in [0.717, 1.165) is 49.3 Å². The molecule has 1 fully saturated rings. The van der Waals surface area contributed by atoms with Crippen molar-refractivity contribution in [1.82, 2.24) is 15.2 Å². The molecule has 1 amide bonds. The van der Waals surface area contributed by atoms with E-state index in [9.17, 15) is 4.79 Å². The van der Waals surface area contributed by atoms with Gasteiger partial charge in [0.2, 0.25) is 5.84 Å². The number of amides is 1. The average Bonchev–Trinajstić information content (AvgIpc) is 2.72. The van der Waals surface area contributed by atoms with Crippen molar-refractivity contribution in [3.05, 3.63) is 42.1 Å². The molecule has 0 spiro atoms. The number of nitrogens with zero attached hydrogens (tertiary/aromatic N) is 3. The minimum atomic E-state index is -0.451. The van der Waals surface area contributed by atoms with Gasteiger partial charge in [-0.25, -0.2) is 4.99 Å². The zero-order valence-electron chi connectivity index (χ0n) is 15.6. The molecule has 1 aromatic heterocycles. The number of carbonyl (C=O) groups is 1. The predicted molar refractivity (Wildman–Crippen MR) is 107 cm³/mol. The number of para-hydroxylation sites is 1. The first kappa shape index (κ1) is 19.1. The summed E-state index contributed by atoms with van der Waals surface area (Å²) in [4.78, 5) is 23.1. The summed E-state index contributed by atoms with van der Waals surface area (Å²) in [7, 11) is 0. The van der Waals surface area contributed by atoms with Crippen LogP contribution in [-0.4, -0.2) is 66.7 Å². The van der Waals surface area contributed by atoms with Gasteiger partial charge in [-0.3, -0.25) is 20.1 Å². The van der Waals surface area contributed by atoms with Gasteiger partial charge in [0, 0.05) is 43.3 Å². The lowest BCUT2D eigenvalue weighted by molar-refractivity contribution is -0.115. The molecule has 1 saturated heterocycles. The Balaban J connectivity index is 1.65. The summed E-state index contributed by atoms with van der Waals surface area (Å²) in [6.45, 7) is 6.43. The summed E-state index contributed by atoms with van der Waals surface area (Å²) in [6, 6.07) is 9.69. The van der Waals surface area contributed by atoms with Crippen LogP contribution in [0.5, 0.6) is 0 Å². The van der Waals surface area contributed by atoms with Crippen molar-refractivity contribution >= 4 is 28.4 Å². The maximum atomic E-state index is 12.2. The van der Waals surface area contributed by atoms with Crippen LogP contribution in [0.1, 0.15) is 18.9 Å². The van der Waals surface area contributed by atoms with Gasteiger partial charge in [-0.2, -0.15) is 0 Å². The van der Waals surface area contributed by atoms with Crippen molar-refractivity contribution in [2.45, 2.75) is 13.3 Å². The fraction of sp³-hybridized carbons (Fsp3) is 0.400. The number of amidine groups is 1. The highest BCUT2D eigenvalue weighted by atomic mass is 16.5. The van der Waals surface area contributed by atoms with E-state index in [1.54, 1.807) is 6.20 Å². The van der Waals surface area contributed by atoms with Crippen LogP contribution in [0.3, 0.4) is 0 Å². The molecule has 0 radical (unpaired) electrons. The number of carbonyl (C=O) groups excluding carboxylic acids is 1. The summed E-state index contributed by atoms with van der Waals surface area (Å²) >= 11 is 0. The summed E-state index contributed by atoms with van der Waals surface area (Å²) in [5, 5.41) is 11.8. The van der Waals surface area contributed by atoms with Crippen molar-refractivity contribution < 1.29 is 9.53 Å². The molecule has 1 aliphatic rings. The van der Waals surface area contributed by atoms with Gasteiger partial charge in [-0.15, -0.1) is 0 Å². The predicted octanol–water partition coefficient (Wildman–Crippen LogP) is 1.86. The average molecular weight is 367 g/mol. The number of rotatable bonds is 5. The molecule has 0 saturated carbocycles. The van der Waals surface area contributed by atoms with Crippen LogP contribution in [0, 0.1) is 5.41 Å². The van der Waals surface area contributed by atoms with E-state index in [1.165, 1.54) is 0 Å². The molecule has 7 nitrogen and oxygen atoms in total. The number of hydrogen-bond acceptors (Lipinski definition) is 5. The molecule has 0 aliphatic carbocycles. The van der Waals surface area contributed by atoms with Crippen LogP contribution < -0.4 is 5.32 Å². The Hall–Kier alpha value is -2.64. The third kappa shape index (κ3) is 4.96. The molecule has 27 heavy (non-hydrogen) atoms. The van der Waals surface area contributed by atoms with Gasteiger partial charge in [-0.05, 0) is 18.6 Å². The third-order valence-corrected chi connectivity index (χ3v) is 4.57. The van der Waals surface area contributed by atoms with Gasteiger partial charge in [0.1, 0.15) is 0 Å². The quantitative estimate of drug-likeness (QED) is 0.623. The first-order chi connectivity index (χ1) is 13.2. The zero-order valence-corrected chi connectivity index (χ0v) is 15.6. The largest absolute Gasteiger partial charge is 0.379 e. The Morgan fingerprint density at radius 1 is 1.30 bits per heavy atom. The van der Waals surface area contributed by atoms with E-state index in [4.69, 9.17) is 10.1 Å². The molecule has 0 atom stereocenters. The number of fused-ring (bicyclic) bond motifs is 1. The van der Waals surface area contributed by atoms with E-state index in [1.807, 2.05) is 37.3 Å². The van der Waals surface area contributed by atoms with E-state index in [-0.39, 0.29) is 5.84 Å². The lowest BCUT2D eigenvalue weighted by atomic mass is 10.0. The van der Waals surface area contributed by atoms with Crippen molar-refractivity contribution in [2.75, 3.05) is 39.4 Å². The van der Waals surface area contributed by atoms with Gasteiger partial charge >= 0.3 is 0 Å². The van der Waals surface area contributed by atoms with Gasteiger partial charge in [-0.1, -0.05) is 25.1 Å². The summed E-state index contributed by atoms with van der Waals surface area (Å²) < 4.78 is 5.31. The lowest BCUT2D eigenvalue weighted by Crippen LogP contribution is -2.42. The highest BCUT2D eigenvalue weighted by molar-refractivity contribution is 6.39. The second-order valence-electron chi connectivity index (χ2n) is 6.35. The molecular formula is C20H25N5O2. The van der Waals surface area contributed by atoms with Crippen LogP contribution in [0.4, 0.5) is 0 Å². The van der Waals surface area contributed by atoms with E-state index >= 15 is 0 Å². The molecule has 2 heterocycles. The van der Waals surface area contributed by atoms with Gasteiger partial charge in [0.15, 0.2) is 0 Å². The maximum Gasteiger partial charge on any atom is 0.288 e. The van der Waals surface area contributed by atoms with Crippen molar-refractivity contribution in [2.24, 2.45) is 4.99 Å². The summed E-state index contributed by atoms with van der Waals surface area (Å²) in [6.07, 6.45) is 2.35. The van der Waals surface area contributed by atoms with Gasteiger partial charge in [0.25, 0.3) is 5.91 Å². The highest BCUT2D eigenvalue weighted by Crippen LogP contribution is 2.18. The van der Waals surface area contributed by atoms with Gasteiger partial charge < -0.3 is 10.1 Å². The van der Waals surface area contributed by atoms with Crippen LogP contribution in [0.15, 0.2) is 41.5 Å². The Bertz CT molecular complexity index is 838. The van der Waals surface area contributed by atoms with Crippen molar-refractivity contribution in [3.8, 4) is 0 Å². The molecule has 7 heteroatoms. The minimum Gasteiger partial charge on any atom is -0.379 e. The maximum absolute atomic E-state index is 12.2. The molecule has 0 bridgehead atoms. The first-order valence-corrected chi connectivity index (χ1v) is 9.27. The molecule has 0 unspecified atom stereocenters. The minimum absolute atomic E-state index is 0.269. The monoisotopic (exact) mass is 367 g/mol. The zero-order chi connectivity index (χ0) is 19.1. The molecular weight excluding hydrogens is 342 g/mol. The highest BCUT2D eigenvalue weighted by Gasteiger charge is 2.14. The third-order valence-electron chi connectivity index (χ3n) is 4.57. The topological polar surface area (TPSA) is 90.7 Å². The number of aliphatic imine (C=N–C) groups is 1. The number of benzene rings is 1. The smallest absolute Gasteiger partial charge is 0.288 e. The van der Waals surface area contributed by atoms with Crippen molar-refractivity contribution in [1.29, 1.82) is 5.41 Å². The molecule has 2 aromatic rings. The lowest BCUT2D eigenvalue weighted by Gasteiger charge is -2.26. The van der Waals surface area contributed by atoms with Crippen molar-refractivity contribution in [3.63, 3.8) is 0 Å². The Kier molecular flexibility index (Phi) is 6.62. The standard InChI is InChI=1S/C20H25N5O2/c1-2-17(16-7-8-22-18-6-4-3-5-15(16)18)24-19(21)20(26)23-9-10-25-11-13-27-14-12-25/h3-8,21H,2,9-14H2,1H3,(H,23,26)/b21-19?,24-17+. The molecule has 1 aromatic carbocycles. The Morgan fingerprint density at radius 3 is 2.85 bits per heavy atom. The Morgan fingerprint density at radius 2 is 2.07 bits per heavy atom. The van der Waals surface area contributed by atoms with Gasteiger partial charge in [0.05, 0.1) is 24.4 Å².